The van der Waals surface area contributed by atoms with E-state index in [1.54, 1.807) is 11.6 Å². The molecule has 0 saturated heterocycles. The number of carbonyl (C=O) groups is 1. The third-order valence-corrected chi connectivity index (χ3v) is 3.16. The summed E-state index contributed by atoms with van der Waals surface area (Å²) in [6, 6.07) is 0.405. The zero-order valence-corrected chi connectivity index (χ0v) is 9.25. The summed E-state index contributed by atoms with van der Waals surface area (Å²) >= 11 is 1.34. The molecule has 1 saturated carbocycles. The Kier molecular flexibility index (Phi) is 2.81. The molecular formula is C8H13N5OS. The molecule has 1 aromatic rings. The highest BCUT2D eigenvalue weighted by Gasteiger charge is 2.23. The number of carbonyl (C=O) groups excluding carboxylic acids is 1. The molecule has 0 bridgehead atoms. The number of nitrogens with zero attached hydrogens (tertiary/aromatic N) is 3. The summed E-state index contributed by atoms with van der Waals surface area (Å²) < 4.78 is 1.66. The van der Waals surface area contributed by atoms with Crippen LogP contribution in [0.15, 0.2) is 5.16 Å². The van der Waals surface area contributed by atoms with Crippen LogP contribution in [-0.4, -0.2) is 32.5 Å². The molecule has 6 nitrogen and oxygen atoms in total. The van der Waals surface area contributed by atoms with Crippen LogP contribution in [-0.2, 0) is 11.8 Å². The Balaban J connectivity index is 1.81. The van der Waals surface area contributed by atoms with Crippen LogP contribution in [0, 0.1) is 0 Å². The van der Waals surface area contributed by atoms with Gasteiger partial charge in [0.15, 0.2) is 5.16 Å². The lowest BCUT2D eigenvalue weighted by Crippen LogP contribution is -2.27. The Morgan fingerprint density at radius 1 is 1.67 bits per heavy atom. The molecular weight excluding hydrogens is 214 g/mol. The van der Waals surface area contributed by atoms with Crippen molar-refractivity contribution in [3.63, 3.8) is 0 Å². The second-order valence-electron chi connectivity index (χ2n) is 3.53. The number of anilines is 1. The van der Waals surface area contributed by atoms with Crippen LogP contribution in [0.4, 0.5) is 5.95 Å². The summed E-state index contributed by atoms with van der Waals surface area (Å²) in [6.07, 6.45) is 2.21. The maximum atomic E-state index is 11.4. The summed E-state index contributed by atoms with van der Waals surface area (Å²) in [5, 5.41) is 11.1. The van der Waals surface area contributed by atoms with Crippen molar-refractivity contribution in [2.75, 3.05) is 11.5 Å². The molecule has 0 radical (unpaired) electrons. The molecule has 1 heterocycles. The molecule has 1 aromatic heterocycles. The smallest absolute Gasteiger partial charge is 0.230 e. The normalized spacial score (nSPS) is 15.3. The zero-order chi connectivity index (χ0) is 10.8. The second-order valence-corrected chi connectivity index (χ2v) is 4.47. The SMILES string of the molecule is Cn1c(N)nnc1SCC(=O)NC1CC1. The van der Waals surface area contributed by atoms with Gasteiger partial charge in [-0.3, -0.25) is 9.36 Å². The minimum absolute atomic E-state index is 0.0454. The topological polar surface area (TPSA) is 85.8 Å². The second kappa shape index (κ2) is 4.09. The summed E-state index contributed by atoms with van der Waals surface area (Å²) in [5.74, 6) is 0.770. The van der Waals surface area contributed by atoms with E-state index < -0.39 is 0 Å². The summed E-state index contributed by atoms with van der Waals surface area (Å²) in [7, 11) is 1.77. The van der Waals surface area contributed by atoms with Gasteiger partial charge in [-0.15, -0.1) is 10.2 Å². The van der Waals surface area contributed by atoms with Crippen molar-refractivity contribution in [2.24, 2.45) is 7.05 Å². The first-order chi connectivity index (χ1) is 7.16. The average molecular weight is 227 g/mol. The summed E-state index contributed by atoms with van der Waals surface area (Å²) in [4.78, 5) is 11.4. The van der Waals surface area contributed by atoms with E-state index in [1.165, 1.54) is 11.8 Å². The fraction of sp³-hybridized carbons (Fsp3) is 0.625. The van der Waals surface area contributed by atoms with Gasteiger partial charge in [0, 0.05) is 13.1 Å². The quantitative estimate of drug-likeness (QED) is 0.694. The molecule has 2 rings (SSSR count). The molecule has 0 aromatic carbocycles. The van der Waals surface area contributed by atoms with E-state index in [2.05, 4.69) is 15.5 Å². The molecule has 0 unspecified atom stereocenters. The number of rotatable bonds is 4. The van der Waals surface area contributed by atoms with E-state index in [4.69, 9.17) is 5.73 Å². The summed E-state index contributed by atoms with van der Waals surface area (Å²) in [5.41, 5.74) is 5.51. The van der Waals surface area contributed by atoms with Gasteiger partial charge in [0.25, 0.3) is 0 Å². The lowest BCUT2D eigenvalue weighted by molar-refractivity contribution is -0.118. The van der Waals surface area contributed by atoms with E-state index in [9.17, 15) is 4.79 Å². The van der Waals surface area contributed by atoms with Crippen molar-refractivity contribution in [3.8, 4) is 0 Å². The molecule has 1 aliphatic rings. The van der Waals surface area contributed by atoms with E-state index in [1.807, 2.05) is 0 Å². The van der Waals surface area contributed by atoms with Gasteiger partial charge in [-0.1, -0.05) is 11.8 Å². The van der Waals surface area contributed by atoms with Crippen LogP contribution >= 0.6 is 11.8 Å². The Morgan fingerprint density at radius 3 is 2.93 bits per heavy atom. The van der Waals surface area contributed by atoms with Crippen LogP contribution < -0.4 is 11.1 Å². The maximum absolute atomic E-state index is 11.4. The molecule has 1 aliphatic carbocycles. The van der Waals surface area contributed by atoms with Gasteiger partial charge in [-0.2, -0.15) is 0 Å². The number of hydrogen-bond acceptors (Lipinski definition) is 5. The van der Waals surface area contributed by atoms with Gasteiger partial charge in [0.05, 0.1) is 5.75 Å². The molecule has 1 amide bonds. The maximum Gasteiger partial charge on any atom is 0.230 e. The number of aromatic nitrogens is 3. The molecule has 1 fully saturated rings. The molecule has 82 valence electrons. The highest BCUT2D eigenvalue weighted by molar-refractivity contribution is 7.99. The first kappa shape index (κ1) is 10.3. The van der Waals surface area contributed by atoms with E-state index in [0.717, 1.165) is 12.8 Å². The number of amides is 1. The van der Waals surface area contributed by atoms with Crippen molar-refractivity contribution in [1.29, 1.82) is 0 Å². The Hall–Kier alpha value is -1.24. The van der Waals surface area contributed by atoms with Gasteiger partial charge in [0.2, 0.25) is 11.9 Å². The van der Waals surface area contributed by atoms with Crippen LogP contribution in [0.3, 0.4) is 0 Å². The van der Waals surface area contributed by atoms with Gasteiger partial charge in [-0.25, -0.2) is 0 Å². The lowest BCUT2D eigenvalue weighted by Gasteiger charge is -2.02. The fourth-order valence-electron chi connectivity index (χ4n) is 1.08. The van der Waals surface area contributed by atoms with Gasteiger partial charge >= 0.3 is 0 Å². The third kappa shape index (κ3) is 2.62. The molecule has 15 heavy (non-hydrogen) atoms. The van der Waals surface area contributed by atoms with Gasteiger partial charge < -0.3 is 11.1 Å². The Morgan fingerprint density at radius 2 is 2.40 bits per heavy atom. The standard InChI is InChI=1S/C8H13N5OS/c1-13-7(9)11-12-8(13)15-4-6(14)10-5-2-3-5/h5H,2-4H2,1H3,(H2,9,11)(H,10,14). The largest absolute Gasteiger partial charge is 0.368 e. The van der Waals surface area contributed by atoms with E-state index >= 15 is 0 Å². The van der Waals surface area contributed by atoms with Crippen LogP contribution in [0.2, 0.25) is 0 Å². The van der Waals surface area contributed by atoms with Crippen molar-refractivity contribution in [3.05, 3.63) is 0 Å². The number of thioether (sulfide) groups is 1. The highest BCUT2D eigenvalue weighted by Crippen LogP contribution is 2.20. The van der Waals surface area contributed by atoms with E-state index in [-0.39, 0.29) is 5.91 Å². The number of nitrogen functional groups attached to an aromatic ring is 1. The predicted molar refractivity (Wildman–Crippen MR) is 57.3 cm³/mol. The van der Waals surface area contributed by atoms with Crippen LogP contribution in [0.1, 0.15) is 12.8 Å². The lowest BCUT2D eigenvalue weighted by atomic mass is 10.6. The molecule has 0 atom stereocenters. The molecule has 0 spiro atoms. The Labute approximate surface area is 91.6 Å². The van der Waals surface area contributed by atoms with Crippen LogP contribution in [0.5, 0.6) is 0 Å². The summed E-state index contributed by atoms with van der Waals surface area (Å²) in [6.45, 7) is 0. The third-order valence-electron chi connectivity index (χ3n) is 2.14. The highest BCUT2D eigenvalue weighted by atomic mass is 32.2. The zero-order valence-electron chi connectivity index (χ0n) is 8.43. The van der Waals surface area contributed by atoms with Crippen LogP contribution in [0.25, 0.3) is 0 Å². The average Bonchev–Trinajstić information content (AvgIpc) is 2.95. The monoisotopic (exact) mass is 227 g/mol. The van der Waals surface area contributed by atoms with Crippen molar-refractivity contribution in [2.45, 2.75) is 24.0 Å². The minimum atomic E-state index is 0.0454. The Bertz CT molecular complexity index is 373. The van der Waals surface area contributed by atoms with Gasteiger partial charge in [-0.05, 0) is 12.8 Å². The minimum Gasteiger partial charge on any atom is -0.368 e. The molecule has 7 heteroatoms. The molecule has 3 N–H and O–H groups in total. The first-order valence-corrected chi connectivity index (χ1v) is 5.72. The van der Waals surface area contributed by atoms with Crippen molar-refractivity contribution >= 4 is 23.6 Å². The molecule has 0 aliphatic heterocycles. The predicted octanol–water partition coefficient (Wildman–Crippen LogP) is -0.232. The van der Waals surface area contributed by atoms with Gasteiger partial charge in [0.1, 0.15) is 0 Å². The number of nitrogens with two attached hydrogens (primary N) is 1. The number of hydrogen-bond donors (Lipinski definition) is 2. The number of nitrogens with one attached hydrogen (secondary N) is 1. The fourth-order valence-corrected chi connectivity index (χ4v) is 1.81. The van der Waals surface area contributed by atoms with Crippen molar-refractivity contribution in [1.82, 2.24) is 20.1 Å². The van der Waals surface area contributed by atoms with Crippen molar-refractivity contribution < 1.29 is 4.79 Å². The first-order valence-electron chi connectivity index (χ1n) is 4.74. The van der Waals surface area contributed by atoms with E-state index in [0.29, 0.717) is 22.9 Å².